The maximum Gasteiger partial charge on any atom is 0.161 e. The van der Waals surface area contributed by atoms with E-state index in [9.17, 15) is 10.2 Å². The third kappa shape index (κ3) is 2.56. The van der Waals surface area contributed by atoms with Crippen LogP contribution >= 0.6 is 12.4 Å². The first-order valence-electron chi connectivity index (χ1n) is 9.47. The third-order valence-corrected chi connectivity index (χ3v) is 7.35. The second-order valence-electron chi connectivity index (χ2n) is 8.83. The molecule has 4 saturated carbocycles. The Morgan fingerprint density at radius 1 is 1.04 bits per heavy atom. The van der Waals surface area contributed by atoms with Gasteiger partial charge in [-0.25, -0.2) is 0 Å². The van der Waals surface area contributed by atoms with E-state index in [1.165, 1.54) is 38.5 Å². The number of ether oxygens (including phenoxy) is 1. The van der Waals surface area contributed by atoms with Crippen LogP contribution in [0.25, 0.3) is 0 Å². The molecule has 1 aliphatic heterocycles. The van der Waals surface area contributed by atoms with Gasteiger partial charge in [-0.3, -0.25) is 0 Å². The summed E-state index contributed by atoms with van der Waals surface area (Å²) in [5.41, 5.74) is 8.06. The molecular formula is C20H28ClNO3. The lowest BCUT2D eigenvalue weighted by Crippen LogP contribution is -2.54. The van der Waals surface area contributed by atoms with Gasteiger partial charge < -0.3 is 20.7 Å². The summed E-state index contributed by atoms with van der Waals surface area (Å²) in [6.45, 7) is 0.417. The number of phenols is 2. The van der Waals surface area contributed by atoms with E-state index in [0.29, 0.717) is 13.0 Å². The van der Waals surface area contributed by atoms with Gasteiger partial charge in [-0.2, -0.15) is 0 Å². The van der Waals surface area contributed by atoms with Crippen LogP contribution in [0.1, 0.15) is 55.8 Å². The Balaban J connectivity index is 0.00000157. The fraction of sp³-hybridized carbons (Fsp3) is 0.700. The van der Waals surface area contributed by atoms with Crippen molar-refractivity contribution in [3.05, 3.63) is 23.3 Å². The minimum absolute atomic E-state index is 0. The van der Waals surface area contributed by atoms with E-state index in [1.54, 1.807) is 6.07 Å². The van der Waals surface area contributed by atoms with E-state index < -0.39 is 0 Å². The number of aromatic hydroxyl groups is 2. The molecule has 0 unspecified atom stereocenters. The van der Waals surface area contributed by atoms with Crippen molar-refractivity contribution in [2.24, 2.45) is 28.9 Å². The topological polar surface area (TPSA) is 75.7 Å². The van der Waals surface area contributed by atoms with Crippen LogP contribution in [0.2, 0.25) is 0 Å². The van der Waals surface area contributed by atoms with Crippen molar-refractivity contribution in [1.82, 2.24) is 0 Å². The summed E-state index contributed by atoms with van der Waals surface area (Å²) in [5, 5.41) is 20.3. The lowest BCUT2D eigenvalue weighted by atomic mass is 9.47. The molecule has 0 saturated heterocycles. The summed E-state index contributed by atoms with van der Waals surface area (Å²) in [4.78, 5) is 0. The molecule has 4 bridgehead atoms. The van der Waals surface area contributed by atoms with Gasteiger partial charge in [0.2, 0.25) is 0 Å². The highest BCUT2D eigenvalue weighted by molar-refractivity contribution is 5.85. The van der Waals surface area contributed by atoms with Crippen LogP contribution < -0.4 is 5.73 Å². The molecule has 4 aliphatic carbocycles. The summed E-state index contributed by atoms with van der Waals surface area (Å²) in [7, 11) is 0. The SMILES string of the molecule is Cl.NC[C@@H]1O[C@H](C23CC4CC(CC(C4)C2)C3)Cc2c1ccc(O)c2O. The zero-order valence-corrected chi connectivity index (χ0v) is 15.3. The third-order valence-electron chi connectivity index (χ3n) is 7.35. The molecule has 4 fully saturated rings. The summed E-state index contributed by atoms with van der Waals surface area (Å²) >= 11 is 0. The predicted octanol–water partition coefficient (Wildman–Crippen LogP) is 3.68. The van der Waals surface area contributed by atoms with Gasteiger partial charge in [0.1, 0.15) is 0 Å². The van der Waals surface area contributed by atoms with Gasteiger partial charge in [-0.15, -0.1) is 12.4 Å². The largest absolute Gasteiger partial charge is 0.504 e. The Hall–Kier alpha value is -0.970. The number of fused-ring (bicyclic) bond motifs is 1. The van der Waals surface area contributed by atoms with Crippen molar-refractivity contribution < 1.29 is 14.9 Å². The van der Waals surface area contributed by atoms with E-state index in [1.807, 2.05) is 6.07 Å². The lowest BCUT2D eigenvalue weighted by molar-refractivity contribution is -0.165. The maximum atomic E-state index is 10.4. The zero-order chi connectivity index (χ0) is 16.5. The molecule has 4 nitrogen and oxygen atoms in total. The lowest BCUT2D eigenvalue weighted by Gasteiger charge is -2.60. The average molecular weight is 366 g/mol. The summed E-state index contributed by atoms with van der Waals surface area (Å²) < 4.78 is 6.52. The molecule has 6 rings (SSSR count). The number of hydrogen-bond acceptors (Lipinski definition) is 4. The highest BCUT2D eigenvalue weighted by Gasteiger charge is 2.55. The number of phenolic OH excluding ortho intramolecular Hbond substituents is 2. The Bertz CT molecular complexity index is 642. The van der Waals surface area contributed by atoms with Crippen molar-refractivity contribution >= 4 is 12.4 Å². The van der Waals surface area contributed by atoms with Gasteiger partial charge in [0.05, 0.1) is 12.2 Å². The second kappa shape index (κ2) is 6.04. The number of halogens is 1. The zero-order valence-electron chi connectivity index (χ0n) is 14.5. The smallest absolute Gasteiger partial charge is 0.161 e. The summed E-state index contributed by atoms with van der Waals surface area (Å²) in [6.07, 6.45) is 8.72. The van der Waals surface area contributed by atoms with E-state index in [0.717, 1.165) is 28.9 Å². The number of hydrogen-bond donors (Lipinski definition) is 3. The second-order valence-corrected chi connectivity index (χ2v) is 8.83. The fourth-order valence-corrected chi connectivity index (χ4v) is 6.78. The van der Waals surface area contributed by atoms with Gasteiger partial charge in [0, 0.05) is 18.5 Å². The first-order chi connectivity index (χ1) is 11.6. The average Bonchev–Trinajstić information content (AvgIpc) is 2.56. The van der Waals surface area contributed by atoms with E-state index in [4.69, 9.17) is 10.5 Å². The van der Waals surface area contributed by atoms with Crippen molar-refractivity contribution in [1.29, 1.82) is 0 Å². The van der Waals surface area contributed by atoms with Gasteiger partial charge in [0.15, 0.2) is 11.5 Å². The van der Waals surface area contributed by atoms with Crippen molar-refractivity contribution in [2.75, 3.05) is 6.54 Å². The summed E-state index contributed by atoms with van der Waals surface area (Å²) in [6, 6.07) is 3.41. The van der Waals surface area contributed by atoms with Crippen LogP contribution in [0.3, 0.4) is 0 Å². The first-order valence-corrected chi connectivity index (χ1v) is 9.47. The van der Waals surface area contributed by atoms with Crippen LogP contribution in [0.4, 0.5) is 0 Å². The van der Waals surface area contributed by atoms with E-state index >= 15 is 0 Å². The summed E-state index contributed by atoms with van der Waals surface area (Å²) in [5.74, 6) is 2.61. The molecule has 2 atom stereocenters. The van der Waals surface area contributed by atoms with Crippen molar-refractivity contribution in [3.8, 4) is 11.5 Å². The molecule has 0 spiro atoms. The Labute approximate surface area is 155 Å². The highest BCUT2D eigenvalue weighted by Crippen LogP contribution is 2.63. The molecule has 1 heterocycles. The monoisotopic (exact) mass is 365 g/mol. The standard InChI is InChI=1S/C20H27NO3.ClH/c21-10-17-14-1-2-16(22)19(23)15(14)6-18(24-17)20-7-11-3-12(8-20)5-13(4-11)9-20;/h1-2,11-13,17-18,22-23H,3-10,21H2;1H/t11?,12?,13?,17-,18-,20?;/m0./s1. The maximum absolute atomic E-state index is 10.4. The molecule has 1 aromatic rings. The van der Waals surface area contributed by atoms with E-state index in [-0.39, 0.29) is 41.5 Å². The fourth-order valence-electron chi connectivity index (χ4n) is 6.78. The van der Waals surface area contributed by atoms with Crippen LogP contribution in [-0.2, 0) is 11.2 Å². The van der Waals surface area contributed by atoms with Gasteiger partial charge in [-0.05, 0) is 73.3 Å². The number of benzene rings is 1. The molecule has 0 radical (unpaired) electrons. The highest BCUT2D eigenvalue weighted by atomic mass is 35.5. The molecule has 5 aliphatic rings. The molecule has 25 heavy (non-hydrogen) atoms. The molecule has 138 valence electrons. The van der Waals surface area contributed by atoms with Crippen molar-refractivity contribution in [3.63, 3.8) is 0 Å². The Kier molecular flexibility index (Phi) is 4.21. The van der Waals surface area contributed by atoms with Gasteiger partial charge >= 0.3 is 0 Å². The quantitative estimate of drug-likeness (QED) is 0.699. The van der Waals surface area contributed by atoms with Crippen LogP contribution in [-0.4, -0.2) is 22.9 Å². The predicted molar refractivity (Wildman–Crippen MR) is 98.0 cm³/mol. The van der Waals surface area contributed by atoms with Crippen molar-refractivity contribution in [2.45, 2.75) is 57.2 Å². The van der Waals surface area contributed by atoms with Crippen LogP contribution in [0, 0.1) is 23.2 Å². The van der Waals surface area contributed by atoms with Crippen LogP contribution in [0.15, 0.2) is 12.1 Å². The molecule has 5 heteroatoms. The molecule has 0 aromatic heterocycles. The molecular weight excluding hydrogens is 338 g/mol. The number of nitrogens with two attached hydrogens (primary N) is 1. The Morgan fingerprint density at radius 3 is 2.20 bits per heavy atom. The first kappa shape index (κ1) is 17.4. The minimum atomic E-state index is -0.168. The van der Waals surface area contributed by atoms with Gasteiger partial charge in [-0.1, -0.05) is 6.07 Å². The van der Waals surface area contributed by atoms with E-state index in [2.05, 4.69) is 0 Å². The van der Waals surface area contributed by atoms with Crippen LogP contribution in [0.5, 0.6) is 11.5 Å². The number of rotatable bonds is 2. The normalized spacial score (nSPS) is 41.2. The molecule has 0 amide bonds. The van der Waals surface area contributed by atoms with Gasteiger partial charge in [0.25, 0.3) is 0 Å². The minimum Gasteiger partial charge on any atom is -0.504 e. The Morgan fingerprint density at radius 2 is 1.64 bits per heavy atom. The molecule has 1 aromatic carbocycles. The molecule has 4 N–H and O–H groups in total.